The smallest absolute Gasteiger partial charge is 0.0847 e. The maximum atomic E-state index is 6.19. The molecule has 0 bridgehead atoms. The van der Waals surface area contributed by atoms with Crippen LogP contribution in [0.3, 0.4) is 0 Å². The highest BCUT2D eigenvalue weighted by Gasteiger charge is 2.22. The zero-order chi connectivity index (χ0) is 11.1. The minimum atomic E-state index is 0.00625. The molecule has 1 aliphatic rings. The van der Waals surface area contributed by atoms with Gasteiger partial charge >= 0.3 is 0 Å². The van der Waals surface area contributed by atoms with Gasteiger partial charge < -0.3 is 10.3 Å². The van der Waals surface area contributed by atoms with Crippen LogP contribution in [0, 0.1) is 6.42 Å². The van der Waals surface area contributed by atoms with Gasteiger partial charge in [0.25, 0.3) is 0 Å². The first-order valence-electron chi connectivity index (χ1n) is 5.98. The summed E-state index contributed by atoms with van der Waals surface area (Å²) in [6.45, 7) is 2.03. The fourth-order valence-electron chi connectivity index (χ4n) is 2.86. The number of hydrogen-bond donors (Lipinski definition) is 1. The lowest BCUT2D eigenvalue weighted by molar-refractivity contribution is 0.589. The number of rotatable bonds is 2. The zero-order valence-corrected chi connectivity index (χ0v) is 9.61. The molecule has 1 aromatic heterocycles. The average Bonchev–Trinajstić information content (AvgIpc) is 2.87. The van der Waals surface area contributed by atoms with Crippen molar-refractivity contribution < 1.29 is 0 Å². The molecule has 0 fully saturated rings. The van der Waals surface area contributed by atoms with Crippen molar-refractivity contribution in [2.24, 2.45) is 5.73 Å². The Morgan fingerprint density at radius 1 is 1.31 bits per heavy atom. The number of fused-ring (bicyclic) bond motifs is 3. The topological polar surface area (TPSA) is 30.9 Å². The predicted octanol–water partition coefficient (Wildman–Crippen LogP) is 2.81. The number of nitrogens with two attached hydrogens (primary N) is 1. The van der Waals surface area contributed by atoms with Crippen LogP contribution in [0.5, 0.6) is 0 Å². The van der Waals surface area contributed by atoms with Crippen molar-refractivity contribution >= 4 is 10.9 Å². The van der Waals surface area contributed by atoms with Crippen LogP contribution in [0.25, 0.3) is 10.9 Å². The van der Waals surface area contributed by atoms with Crippen LogP contribution in [0.15, 0.2) is 24.3 Å². The Labute approximate surface area is 96.1 Å². The molecule has 2 heteroatoms. The number of aromatic nitrogens is 1. The normalized spacial score (nSPS) is 16.6. The molecule has 1 heterocycles. The SMILES string of the molecule is C[CH][C@H](N)n1c2c(c3ccccc31)CCC2. The maximum absolute atomic E-state index is 6.19. The van der Waals surface area contributed by atoms with Gasteiger partial charge in [-0.2, -0.15) is 0 Å². The van der Waals surface area contributed by atoms with Crippen LogP contribution in [0.2, 0.25) is 0 Å². The minimum Gasteiger partial charge on any atom is -0.328 e. The van der Waals surface area contributed by atoms with E-state index in [-0.39, 0.29) is 6.17 Å². The molecule has 2 N–H and O–H groups in total. The van der Waals surface area contributed by atoms with Crippen molar-refractivity contribution in [2.75, 3.05) is 0 Å². The summed E-state index contributed by atoms with van der Waals surface area (Å²) in [5, 5.41) is 1.40. The average molecular weight is 213 g/mol. The summed E-state index contributed by atoms with van der Waals surface area (Å²) in [7, 11) is 0. The third kappa shape index (κ3) is 1.23. The first kappa shape index (κ1) is 9.91. The molecule has 0 saturated heterocycles. The van der Waals surface area contributed by atoms with Gasteiger partial charge in [-0.15, -0.1) is 0 Å². The second-order valence-electron chi connectivity index (χ2n) is 4.49. The molecule has 2 aromatic rings. The van der Waals surface area contributed by atoms with Gasteiger partial charge in [-0.25, -0.2) is 0 Å². The second-order valence-corrected chi connectivity index (χ2v) is 4.49. The molecule has 0 saturated carbocycles. The predicted molar refractivity (Wildman–Crippen MR) is 67.2 cm³/mol. The summed E-state index contributed by atoms with van der Waals surface area (Å²) >= 11 is 0. The summed E-state index contributed by atoms with van der Waals surface area (Å²) in [6.07, 6.45) is 5.72. The van der Waals surface area contributed by atoms with Crippen molar-refractivity contribution in [3.63, 3.8) is 0 Å². The Bertz CT molecular complexity index is 525. The van der Waals surface area contributed by atoms with E-state index in [1.54, 1.807) is 0 Å². The molecule has 1 atom stereocenters. The largest absolute Gasteiger partial charge is 0.328 e. The monoisotopic (exact) mass is 213 g/mol. The van der Waals surface area contributed by atoms with Gasteiger partial charge in [0.05, 0.1) is 6.17 Å². The van der Waals surface area contributed by atoms with Gasteiger partial charge in [-0.1, -0.05) is 25.1 Å². The lowest BCUT2D eigenvalue weighted by atomic mass is 10.1. The Kier molecular flexibility index (Phi) is 2.25. The molecule has 83 valence electrons. The molecule has 1 aromatic carbocycles. The Morgan fingerprint density at radius 3 is 2.94 bits per heavy atom. The van der Waals surface area contributed by atoms with E-state index < -0.39 is 0 Å². The zero-order valence-electron chi connectivity index (χ0n) is 9.61. The van der Waals surface area contributed by atoms with Gasteiger partial charge in [-0.3, -0.25) is 0 Å². The standard InChI is InChI=1S/C14H17N2/c1-2-14(15)16-12-8-4-3-6-10(12)11-7-5-9-13(11)16/h2-4,6,8,14H,5,7,9,15H2,1H3/t14-/m1/s1. The van der Waals surface area contributed by atoms with Gasteiger partial charge in [0.1, 0.15) is 0 Å². The van der Waals surface area contributed by atoms with Crippen LogP contribution in [-0.4, -0.2) is 4.57 Å². The molecule has 1 radical (unpaired) electrons. The molecule has 1 aliphatic carbocycles. The van der Waals surface area contributed by atoms with Crippen LogP contribution < -0.4 is 5.73 Å². The molecule has 3 rings (SSSR count). The molecule has 0 aliphatic heterocycles. The maximum Gasteiger partial charge on any atom is 0.0847 e. The van der Waals surface area contributed by atoms with Crippen LogP contribution in [-0.2, 0) is 12.8 Å². The van der Waals surface area contributed by atoms with E-state index in [1.165, 1.54) is 41.4 Å². The third-order valence-electron chi connectivity index (χ3n) is 3.61. The second kappa shape index (κ2) is 3.63. The number of nitrogens with zero attached hydrogens (tertiary/aromatic N) is 1. The molecule has 2 nitrogen and oxygen atoms in total. The number of benzene rings is 1. The van der Waals surface area contributed by atoms with E-state index in [4.69, 9.17) is 5.73 Å². The lowest BCUT2D eigenvalue weighted by Crippen LogP contribution is -2.19. The van der Waals surface area contributed by atoms with Gasteiger partial charge in [0.15, 0.2) is 0 Å². The van der Waals surface area contributed by atoms with Crippen molar-refractivity contribution in [2.45, 2.75) is 32.4 Å². The molecule has 0 amide bonds. The highest BCUT2D eigenvalue weighted by molar-refractivity contribution is 5.86. The van der Waals surface area contributed by atoms with Gasteiger partial charge in [-0.05, 0) is 37.3 Å². The van der Waals surface area contributed by atoms with Crippen LogP contribution in [0.1, 0.15) is 30.8 Å². The van der Waals surface area contributed by atoms with E-state index in [1.807, 2.05) is 6.92 Å². The Balaban J connectivity index is 2.33. The molecule has 0 unspecified atom stereocenters. The van der Waals surface area contributed by atoms with Gasteiger partial charge in [0, 0.05) is 16.6 Å². The van der Waals surface area contributed by atoms with E-state index in [9.17, 15) is 0 Å². The van der Waals surface area contributed by atoms with Crippen LogP contribution in [0.4, 0.5) is 0 Å². The first-order chi connectivity index (χ1) is 7.83. The Hall–Kier alpha value is -1.28. The van der Waals surface area contributed by atoms with Crippen molar-refractivity contribution in [1.29, 1.82) is 0 Å². The number of aryl methyl sites for hydroxylation is 1. The lowest BCUT2D eigenvalue weighted by Gasteiger charge is -2.16. The molecular formula is C14H17N2. The fourth-order valence-corrected chi connectivity index (χ4v) is 2.86. The summed E-state index contributed by atoms with van der Waals surface area (Å²) < 4.78 is 2.30. The van der Waals surface area contributed by atoms with Crippen molar-refractivity contribution in [1.82, 2.24) is 4.57 Å². The van der Waals surface area contributed by atoms with Crippen molar-refractivity contribution in [3.8, 4) is 0 Å². The highest BCUT2D eigenvalue weighted by atomic mass is 15.1. The van der Waals surface area contributed by atoms with E-state index in [0.717, 1.165) is 0 Å². The summed E-state index contributed by atoms with van der Waals surface area (Å²) in [6, 6.07) is 8.61. The van der Waals surface area contributed by atoms with Crippen molar-refractivity contribution in [3.05, 3.63) is 41.9 Å². The molecule has 0 spiro atoms. The fraction of sp³-hybridized carbons (Fsp3) is 0.357. The third-order valence-corrected chi connectivity index (χ3v) is 3.61. The van der Waals surface area contributed by atoms with E-state index in [0.29, 0.717) is 0 Å². The summed E-state index contributed by atoms with van der Waals surface area (Å²) in [5.41, 5.74) is 10.4. The quantitative estimate of drug-likeness (QED) is 0.817. The van der Waals surface area contributed by atoms with E-state index >= 15 is 0 Å². The molecular weight excluding hydrogens is 196 g/mol. The molecule has 16 heavy (non-hydrogen) atoms. The number of hydrogen-bond acceptors (Lipinski definition) is 1. The Morgan fingerprint density at radius 2 is 2.12 bits per heavy atom. The summed E-state index contributed by atoms with van der Waals surface area (Å²) in [4.78, 5) is 0. The van der Waals surface area contributed by atoms with E-state index in [2.05, 4.69) is 35.3 Å². The first-order valence-corrected chi connectivity index (χ1v) is 5.98. The summed E-state index contributed by atoms with van der Waals surface area (Å²) in [5.74, 6) is 0. The van der Waals surface area contributed by atoms with Gasteiger partial charge in [0.2, 0.25) is 0 Å². The highest BCUT2D eigenvalue weighted by Crippen LogP contribution is 2.34. The minimum absolute atomic E-state index is 0.00625. The van der Waals surface area contributed by atoms with Crippen LogP contribution >= 0.6 is 0 Å². The number of para-hydroxylation sites is 1.